The molecule has 2 unspecified atom stereocenters. The van der Waals surface area contributed by atoms with Crippen molar-refractivity contribution in [1.82, 2.24) is 20.0 Å². The number of rotatable bonds is 7. The van der Waals surface area contributed by atoms with Gasteiger partial charge in [-0.25, -0.2) is 4.99 Å². The van der Waals surface area contributed by atoms with Gasteiger partial charge in [0.25, 0.3) is 0 Å². The number of aliphatic imine (C=N–C) groups is 1. The van der Waals surface area contributed by atoms with E-state index in [2.05, 4.69) is 27.6 Å². The Morgan fingerprint density at radius 1 is 1.39 bits per heavy atom. The van der Waals surface area contributed by atoms with Crippen molar-refractivity contribution in [3.8, 4) is 0 Å². The lowest BCUT2D eigenvalue weighted by Crippen LogP contribution is -2.48. The Balaban J connectivity index is 1.68. The number of guanidine groups is 1. The molecule has 1 aliphatic rings. The maximum Gasteiger partial charge on any atom is 0.227 e. The van der Waals surface area contributed by atoms with Gasteiger partial charge in [0, 0.05) is 43.5 Å². The average molecular weight is 427 g/mol. The van der Waals surface area contributed by atoms with Crippen LogP contribution in [0.2, 0.25) is 0 Å². The number of anilines is 1. The van der Waals surface area contributed by atoms with Gasteiger partial charge in [-0.05, 0) is 31.0 Å². The van der Waals surface area contributed by atoms with E-state index in [0.717, 1.165) is 48.8 Å². The van der Waals surface area contributed by atoms with Gasteiger partial charge < -0.3 is 20.3 Å². The number of carbonyl (C=O) groups is 1. The first kappa shape index (κ1) is 22.8. The van der Waals surface area contributed by atoms with Crippen LogP contribution in [0.5, 0.6) is 0 Å². The van der Waals surface area contributed by atoms with Crippen LogP contribution in [0.3, 0.4) is 0 Å². The van der Waals surface area contributed by atoms with Crippen LogP contribution in [-0.4, -0.2) is 52.8 Å². The van der Waals surface area contributed by atoms with Crippen molar-refractivity contribution in [3.63, 3.8) is 0 Å². The van der Waals surface area contributed by atoms with Crippen molar-refractivity contribution in [2.45, 2.75) is 39.8 Å². The maximum absolute atomic E-state index is 12.2. The van der Waals surface area contributed by atoms with Crippen LogP contribution in [-0.2, 0) is 23.1 Å². The molecule has 31 heavy (non-hydrogen) atoms. The smallest absolute Gasteiger partial charge is 0.227 e. The number of ether oxygens (including phenoxy) is 1. The van der Waals surface area contributed by atoms with Gasteiger partial charge in [0.15, 0.2) is 5.96 Å². The number of hydrogen-bond acceptors (Lipinski definition) is 4. The molecule has 1 aliphatic heterocycles. The highest BCUT2D eigenvalue weighted by Crippen LogP contribution is 2.22. The van der Waals surface area contributed by atoms with Gasteiger partial charge in [-0.1, -0.05) is 26.0 Å². The van der Waals surface area contributed by atoms with E-state index in [4.69, 9.17) is 9.73 Å². The fraction of sp³-hybridized carbons (Fsp3) is 0.522. The van der Waals surface area contributed by atoms with E-state index in [1.807, 2.05) is 57.6 Å². The monoisotopic (exact) mass is 426 g/mol. The quantitative estimate of drug-likeness (QED) is 0.525. The van der Waals surface area contributed by atoms with Crippen molar-refractivity contribution in [1.29, 1.82) is 0 Å². The second kappa shape index (κ2) is 10.9. The number of hydrogen-bond donors (Lipinski definition) is 2. The molecule has 1 fully saturated rings. The molecule has 1 aromatic carbocycles. The molecule has 1 aromatic heterocycles. The first-order valence-electron chi connectivity index (χ1n) is 11.0. The predicted molar refractivity (Wildman–Crippen MR) is 123 cm³/mol. The Labute approximate surface area is 184 Å². The summed E-state index contributed by atoms with van der Waals surface area (Å²) in [6.45, 7) is 9.50. The molecule has 2 N–H and O–H groups in total. The molecular weight excluding hydrogens is 392 g/mol. The topological polar surface area (TPSA) is 83.8 Å². The average Bonchev–Trinajstić information content (AvgIpc) is 3.22. The summed E-state index contributed by atoms with van der Waals surface area (Å²) in [5.41, 5.74) is 2.94. The Bertz CT molecular complexity index is 894. The largest absolute Gasteiger partial charge is 0.370 e. The summed E-state index contributed by atoms with van der Waals surface area (Å²) < 4.78 is 7.76. The maximum atomic E-state index is 12.2. The number of carbonyl (C=O) groups excluding carboxylic acids is 1. The number of aryl methyl sites for hydroxylation is 1. The molecule has 1 saturated heterocycles. The Hall–Kier alpha value is -2.87. The molecular formula is C23H34N6O2. The van der Waals surface area contributed by atoms with E-state index < -0.39 is 0 Å². The number of amides is 1. The van der Waals surface area contributed by atoms with Gasteiger partial charge in [-0.3, -0.25) is 9.48 Å². The van der Waals surface area contributed by atoms with E-state index in [1.54, 1.807) is 4.68 Å². The Morgan fingerprint density at radius 2 is 2.23 bits per heavy atom. The molecule has 2 aromatic rings. The van der Waals surface area contributed by atoms with Crippen molar-refractivity contribution >= 4 is 17.6 Å². The summed E-state index contributed by atoms with van der Waals surface area (Å²) in [5.74, 6) is 0.913. The fourth-order valence-corrected chi connectivity index (χ4v) is 3.44. The molecule has 1 amide bonds. The lowest BCUT2D eigenvalue weighted by atomic mass is 10.1. The normalized spacial score (nSPS) is 18.0. The lowest BCUT2D eigenvalue weighted by molar-refractivity contribution is -0.119. The molecule has 3 rings (SSSR count). The number of nitrogens with one attached hydrogen (secondary N) is 2. The highest BCUT2D eigenvalue weighted by atomic mass is 16.5. The molecule has 8 nitrogen and oxygen atoms in total. The molecule has 0 spiro atoms. The number of aromatic nitrogens is 2. The van der Waals surface area contributed by atoms with Crippen LogP contribution in [0.4, 0.5) is 5.69 Å². The number of morpholine rings is 1. The van der Waals surface area contributed by atoms with Crippen molar-refractivity contribution in [2.75, 3.05) is 31.6 Å². The third-order valence-corrected chi connectivity index (χ3v) is 5.46. The summed E-state index contributed by atoms with van der Waals surface area (Å²) in [6, 6.07) is 7.89. The minimum absolute atomic E-state index is 0.00360. The van der Waals surface area contributed by atoms with Crippen LogP contribution in [0.1, 0.15) is 44.4 Å². The third-order valence-electron chi connectivity index (χ3n) is 5.46. The van der Waals surface area contributed by atoms with Gasteiger partial charge in [-0.2, -0.15) is 5.10 Å². The third kappa shape index (κ3) is 6.30. The second-order valence-corrected chi connectivity index (χ2v) is 7.92. The summed E-state index contributed by atoms with van der Waals surface area (Å²) in [4.78, 5) is 19.3. The van der Waals surface area contributed by atoms with Crippen molar-refractivity contribution in [2.24, 2.45) is 18.0 Å². The van der Waals surface area contributed by atoms with E-state index in [-0.39, 0.29) is 17.9 Å². The summed E-state index contributed by atoms with van der Waals surface area (Å²) in [5, 5.41) is 10.7. The predicted octanol–water partition coefficient (Wildman–Crippen LogP) is 2.94. The van der Waals surface area contributed by atoms with Crippen LogP contribution < -0.4 is 10.6 Å². The van der Waals surface area contributed by atoms with Gasteiger partial charge in [-0.15, -0.1) is 0 Å². The molecule has 0 saturated carbocycles. The first-order chi connectivity index (χ1) is 15.0. The highest BCUT2D eigenvalue weighted by Gasteiger charge is 2.25. The van der Waals surface area contributed by atoms with Crippen molar-refractivity contribution < 1.29 is 9.53 Å². The molecule has 8 heteroatoms. The summed E-state index contributed by atoms with van der Waals surface area (Å²) in [7, 11) is 1.91. The molecule has 0 bridgehead atoms. The molecule has 168 valence electrons. The molecule has 0 aliphatic carbocycles. The zero-order valence-electron chi connectivity index (χ0n) is 19.0. The second-order valence-electron chi connectivity index (χ2n) is 7.92. The van der Waals surface area contributed by atoms with E-state index in [1.165, 1.54) is 0 Å². The van der Waals surface area contributed by atoms with E-state index in [9.17, 15) is 4.79 Å². The molecule has 0 radical (unpaired) electrons. The van der Waals surface area contributed by atoms with Gasteiger partial charge in [0.1, 0.15) is 6.10 Å². The van der Waals surface area contributed by atoms with Crippen LogP contribution in [0.15, 0.2) is 41.7 Å². The lowest BCUT2D eigenvalue weighted by Gasteiger charge is -2.34. The number of nitrogens with zero attached hydrogens (tertiary/aromatic N) is 4. The number of benzene rings is 1. The molecule has 2 heterocycles. The zero-order chi connectivity index (χ0) is 22.2. The van der Waals surface area contributed by atoms with E-state index >= 15 is 0 Å². The standard InChI is InChI=1S/C23H34N6O2/c1-5-17(3)22(30)27-20-9-7-8-18(12-20)13-25-23(24-6-2)29-10-11-31-21(16-29)19-14-26-28(4)15-19/h7-9,12,14-15,17,21H,5-6,10-11,13,16H2,1-4H3,(H,24,25)(H,27,30). The first-order valence-corrected chi connectivity index (χ1v) is 11.0. The highest BCUT2D eigenvalue weighted by molar-refractivity contribution is 5.92. The SMILES string of the molecule is CCNC(=NCc1cccc(NC(=O)C(C)CC)c1)N1CCOC(c2cnn(C)c2)C1. The van der Waals surface area contributed by atoms with E-state index in [0.29, 0.717) is 13.2 Å². The van der Waals surface area contributed by atoms with Crippen LogP contribution in [0.25, 0.3) is 0 Å². The van der Waals surface area contributed by atoms with Crippen LogP contribution in [0, 0.1) is 5.92 Å². The fourth-order valence-electron chi connectivity index (χ4n) is 3.44. The van der Waals surface area contributed by atoms with Gasteiger partial charge in [0.05, 0.1) is 25.9 Å². The van der Waals surface area contributed by atoms with Crippen molar-refractivity contribution in [3.05, 3.63) is 47.8 Å². The Morgan fingerprint density at radius 3 is 2.94 bits per heavy atom. The minimum Gasteiger partial charge on any atom is -0.370 e. The zero-order valence-corrected chi connectivity index (χ0v) is 19.0. The summed E-state index contributed by atoms with van der Waals surface area (Å²) in [6.07, 6.45) is 4.65. The summed E-state index contributed by atoms with van der Waals surface area (Å²) >= 11 is 0. The van der Waals surface area contributed by atoms with Gasteiger partial charge in [0.2, 0.25) is 5.91 Å². The Kier molecular flexibility index (Phi) is 8.06. The van der Waals surface area contributed by atoms with Gasteiger partial charge >= 0.3 is 0 Å². The molecule has 2 atom stereocenters. The van der Waals surface area contributed by atoms with Crippen LogP contribution >= 0.6 is 0 Å². The minimum atomic E-state index is -0.0228.